The molecule has 1 aromatic carbocycles. The number of amides is 1. The fourth-order valence-corrected chi connectivity index (χ4v) is 1.65. The first kappa shape index (κ1) is 11.9. The number of hydrogen-bond acceptors (Lipinski definition) is 3. The molecule has 92 valence electrons. The van der Waals surface area contributed by atoms with Gasteiger partial charge in [0.15, 0.2) is 6.61 Å². The van der Waals surface area contributed by atoms with Crippen molar-refractivity contribution >= 4 is 5.91 Å². The van der Waals surface area contributed by atoms with Crippen molar-refractivity contribution < 1.29 is 19.0 Å². The first-order chi connectivity index (χ1) is 8.13. The molecule has 0 radical (unpaired) electrons. The molecule has 17 heavy (non-hydrogen) atoms. The van der Waals surface area contributed by atoms with E-state index in [-0.39, 0.29) is 30.5 Å². The molecule has 0 aliphatic heterocycles. The van der Waals surface area contributed by atoms with Gasteiger partial charge in [0.2, 0.25) is 0 Å². The minimum absolute atomic E-state index is 0.0503. The van der Waals surface area contributed by atoms with Gasteiger partial charge in [-0.25, -0.2) is 4.39 Å². The van der Waals surface area contributed by atoms with Crippen molar-refractivity contribution in [3.8, 4) is 5.75 Å². The molecule has 1 amide bonds. The Bertz CT molecular complexity index is 387. The predicted octanol–water partition coefficient (Wildman–Crippen LogP) is 0.844. The summed E-state index contributed by atoms with van der Waals surface area (Å²) >= 11 is 0. The zero-order valence-corrected chi connectivity index (χ0v) is 9.23. The molecule has 2 rings (SSSR count). The number of aliphatic hydroxyl groups is 1. The van der Waals surface area contributed by atoms with Crippen molar-refractivity contribution in [1.82, 2.24) is 5.32 Å². The molecule has 0 spiro atoms. The third kappa shape index (κ3) is 3.42. The summed E-state index contributed by atoms with van der Waals surface area (Å²) in [4.78, 5) is 11.4. The van der Waals surface area contributed by atoms with E-state index >= 15 is 0 Å². The Morgan fingerprint density at radius 2 is 2.06 bits per heavy atom. The molecule has 1 aromatic rings. The molecule has 1 fully saturated rings. The van der Waals surface area contributed by atoms with Gasteiger partial charge >= 0.3 is 0 Å². The lowest BCUT2D eigenvalue weighted by Crippen LogP contribution is -2.48. The van der Waals surface area contributed by atoms with Crippen LogP contribution in [-0.2, 0) is 4.79 Å². The second kappa shape index (κ2) is 5.14. The second-order valence-electron chi connectivity index (χ2n) is 4.13. The summed E-state index contributed by atoms with van der Waals surface area (Å²) in [5.41, 5.74) is 0. The first-order valence-corrected chi connectivity index (χ1v) is 5.49. The number of carbonyl (C=O) groups excluding carboxylic acids is 1. The minimum atomic E-state index is -0.342. The van der Waals surface area contributed by atoms with Gasteiger partial charge in [-0.3, -0.25) is 4.79 Å². The quantitative estimate of drug-likeness (QED) is 0.818. The summed E-state index contributed by atoms with van der Waals surface area (Å²) in [6.07, 6.45) is 0.906. The highest BCUT2D eigenvalue weighted by Crippen LogP contribution is 2.19. The van der Waals surface area contributed by atoms with Crippen molar-refractivity contribution in [3.05, 3.63) is 30.1 Å². The molecular formula is C12H14FNO3. The van der Waals surface area contributed by atoms with Crippen LogP contribution in [-0.4, -0.2) is 29.8 Å². The normalized spacial score (nSPS) is 22.7. The summed E-state index contributed by atoms with van der Waals surface area (Å²) in [6.45, 7) is -0.0990. The van der Waals surface area contributed by atoms with Crippen LogP contribution in [0.4, 0.5) is 4.39 Å². The van der Waals surface area contributed by atoms with E-state index in [1.807, 2.05) is 0 Å². The van der Waals surface area contributed by atoms with Crippen LogP contribution in [0.1, 0.15) is 12.8 Å². The monoisotopic (exact) mass is 239 g/mol. The van der Waals surface area contributed by atoms with Crippen LogP contribution >= 0.6 is 0 Å². The largest absolute Gasteiger partial charge is 0.484 e. The Labute approximate surface area is 98.4 Å². The standard InChI is InChI=1S/C12H14FNO3/c13-8-1-3-11(4-2-8)17-7-12(16)14-9-5-10(15)6-9/h1-4,9-10,15H,5-7H2,(H,14,16). The molecule has 0 saturated heterocycles. The molecule has 1 aliphatic carbocycles. The zero-order valence-electron chi connectivity index (χ0n) is 9.23. The maximum Gasteiger partial charge on any atom is 0.258 e. The van der Waals surface area contributed by atoms with Crippen LogP contribution in [0.2, 0.25) is 0 Å². The molecule has 0 heterocycles. The van der Waals surface area contributed by atoms with Gasteiger partial charge in [0, 0.05) is 6.04 Å². The summed E-state index contributed by atoms with van der Waals surface area (Å²) in [7, 11) is 0. The Kier molecular flexibility index (Phi) is 3.58. The van der Waals surface area contributed by atoms with Gasteiger partial charge in [-0.1, -0.05) is 0 Å². The topological polar surface area (TPSA) is 58.6 Å². The van der Waals surface area contributed by atoms with Crippen molar-refractivity contribution in [2.75, 3.05) is 6.61 Å². The van der Waals surface area contributed by atoms with Gasteiger partial charge in [-0.15, -0.1) is 0 Å². The third-order valence-corrected chi connectivity index (χ3v) is 2.66. The average molecular weight is 239 g/mol. The van der Waals surface area contributed by atoms with Crippen LogP contribution < -0.4 is 10.1 Å². The number of rotatable bonds is 4. The van der Waals surface area contributed by atoms with Crippen molar-refractivity contribution in [2.24, 2.45) is 0 Å². The third-order valence-electron chi connectivity index (χ3n) is 2.66. The van der Waals surface area contributed by atoms with Gasteiger partial charge in [-0.05, 0) is 37.1 Å². The summed E-state index contributed by atoms with van der Waals surface area (Å²) in [5.74, 6) is -0.119. The second-order valence-corrected chi connectivity index (χ2v) is 4.13. The molecule has 0 aromatic heterocycles. The number of hydrogen-bond donors (Lipinski definition) is 2. The smallest absolute Gasteiger partial charge is 0.258 e. The first-order valence-electron chi connectivity index (χ1n) is 5.49. The highest BCUT2D eigenvalue weighted by atomic mass is 19.1. The Balaban J connectivity index is 1.70. The lowest BCUT2D eigenvalue weighted by molar-refractivity contribution is -0.125. The highest BCUT2D eigenvalue weighted by Gasteiger charge is 2.28. The molecular weight excluding hydrogens is 225 g/mol. The SMILES string of the molecule is O=C(COc1ccc(F)cc1)NC1CC(O)C1. The van der Waals surface area contributed by atoms with E-state index in [9.17, 15) is 9.18 Å². The molecule has 5 heteroatoms. The number of ether oxygens (including phenoxy) is 1. The van der Waals surface area contributed by atoms with Gasteiger partial charge < -0.3 is 15.2 Å². The van der Waals surface area contributed by atoms with Crippen molar-refractivity contribution in [1.29, 1.82) is 0 Å². The maximum absolute atomic E-state index is 12.6. The predicted molar refractivity (Wildman–Crippen MR) is 59.1 cm³/mol. The summed E-state index contributed by atoms with van der Waals surface area (Å²) in [6, 6.07) is 5.53. The molecule has 4 nitrogen and oxygen atoms in total. The minimum Gasteiger partial charge on any atom is -0.484 e. The van der Waals surface area contributed by atoms with E-state index in [1.54, 1.807) is 0 Å². The van der Waals surface area contributed by atoms with Gasteiger partial charge in [0.05, 0.1) is 6.10 Å². The van der Waals surface area contributed by atoms with E-state index < -0.39 is 0 Å². The Hall–Kier alpha value is -1.62. The Morgan fingerprint density at radius 3 is 2.65 bits per heavy atom. The van der Waals surface area contributed by atoms with Crippen LogP contribution in [0.5, 0.6) is 5.75 Å². The number of carbonyl (C=O) groups is 1. The molecule has 1 saturated carbocycles. The molecule has 0 bridgehead atoms. The highest BCUT2D eigenvalue weighted by molar-refractivity contribution is 5.77. The molecule has 1 aliphatic rings. The fraction of sp³-hybridized carbons (Fsp3) is 0.417. The van der Waals surface area contributed by atoms with Crippen molar-refractivity contribution in [3.63, 3.8) is 0 Å². The van der Waals surface area contributed by atoms with Gasteiger partial charge in [0.25, 0.3) is 5.91 Å². The lowest BCUT2D eigenvalue weighted by atomic mass is 9.89. The van der Waals surface area contributed by atoms with E-state index in [1.165, 1.54) is 24.3 Å². The average Bonchev–Trinajstić information content (AvgIpc) is 2.26. The maximum atomic E-state index is 12.6. The van der Waals surface area contributed by atoms with Gasteiger partial charge in [0.1, 0.15) is 11.6 Å². The summed E-state index contributed by atoms with van der Waals surface area (Å²) in [5, 5.41) is 11.8. The van der Waals surface area contributed by atoms with E-state index in [0.29, 0.717) is 18.6 Å². The van der Waals surface area contributed by atoms with E-state index in [4.69, 9.17) is 9.84 Å². The van der Waals surface area contributed by atoms with Gasteiger partial charge in [-0.2, -0.15) is 0 Å². The van der Waals surface area contributed by atoms with Crippen LogP contribution in [0.25, 0.3) is 0 Å². The fourth-order valence-electron chi connectivity index (χ4n) is 1.65. The number of benzene rings is 1. The van der Waals surface area contributed by atoms with Crippen LogP contribution in [0.3, 0.4) is 0 Å². The molecule has 0 unspecified atom stereocenters. The molecule has 0 atom stereocenters. The lowest BCUT2D eigenvalue weighted by Gasteiger charge is -2.31. The summed E-state index contributed by atoms with van der Waals surface area (Å²) < 4.78 is 17.8. The Morgan fingerprint density at radius 1 is 1.41 bits per heavy atom. The van der Waals surface area contributed by atoms with Crippen LogP contribution in [0, 0.1) is 5.82 Å². The number of halogens is 1. The van der Waals surface area contributed by atoms with Crippen LogP contribution in [0.15, 0.2) is 24.3 Å². The van der Waals surface area contributed by atoms with E-state index in [0.717, 1.165) is 0 Å². The van der Waals surface area contributed by atoms with E-state index in [2.05, 4.69) is 5.32 Å². The van der Waals surface area contributed by atoms with Crippen molar-refractivity contribution in [2.45, 2.75) is 25.0 Å². The number of nitrogens with one attached hydrogen (secondary N) is 1. The zero-order chi connectivity index (χ0) is 12.3. The number of aliphatic hydroxyl groups excluding tert-OH is 1. The molecule has 2 N–H and O–H groups in total.